The third-order valence-electron chi connectivity index (χ3n) is 2.37. The third kappa shape index (κ3) is 3.74. The minimum atomic E-state index is -4.83. The van der Waals surface area contributed by atoms with Gasteiger partial charge >= 0.3 is 12.3 Å². The fourth-order valence-corrected chi connectivity index (χ4v) is 1.59. The molecule has 0 aliphatic carbocycles. The van der Waals surface area contributed by atoms with E-state index in [1.807, 2.05) is 0 Å². The van der Waals surface area contributed by atoms with Crippen molar-refractivity contribution in [2.75, 3.05) is 6.61 Å². The van der Waals surface area contributed by atoms with Gasteiger partial charge in [-0.2, -0.15) is 0 Å². The zero-order valence-electron chi connectivity index (χ0n) is 10.8. The molecule has 8 heteroatoms. The average molecular weight is 301 g/mol. The van der Waals surface area contributed by atoms with Crippen LogP contribution in [0.3, 0.4) is 0 Å². The number of ether oxygens (including phenoxy) is 2. The molecular formula is C13H10F3NO4. The molecule has 0 N–H and O–H groups in total. The molecule has 0 aliphatic heterocycles. The van der Waals surface area contributed by atoms with E-state index in [0.717, 1.165) is 6.07 Å². The Balaban J connectivity index is 2.32. The summed E-state index contributed by atoms with van der Waals surface area (Å²) < 4.78 is 50.5. The molecule has 0 spiro atoms. The summed E-state index contributed by atoms with van der Waals surface area (Å²) >= 11 is 0. The van der Waals surface area contributed by atoms with Crippen LogP contribution in [0.4, 0.5) is 13.2 Å². The normalized spacial score (nSPS) is 11.2. The molecule has 0 amide bonds. The number of benzene rings is 1. The van der Waals surface area contributed by atoms with Crippen molar-refractivity contribution >= 4 is 5.97 Å². The molecule has 0 unspecified atom stereocenters. The molecule has 1 aromatic heterocycles. The average Bonchev–Trinajstić information content (AvgIpc) is 2.87. The number of para-hydroxylation sites is 1. The van der Waals surface area contributed by atoms with Gasteiger partial charge in [0.25, 0.3) is 0 Å². The first-order chi connectivity index (χ1) is 9.90. The molecule has 2 rings (SSSR count). The fraction of sp³-hybridized carbons (Fsp3) is 0.231. The number of aromatic nitrogens is 1. The molecule has 1 aromatic carbocycles. The topological polar surface area (TPSA) is 61.6 Å². The van der Waals surface area contributed by atoms with Crippen LogP contribution in [0.2, 0.25) is 0 Å². The molecule has 0 saturated carbocycles. The summed E-state index contributed by atoms with van der Waals surface area (Å²) in [5.41, 5.74) is -0.105. The summed E-state index contributed by atoms with van der Waals surface area (Å²) in [6, 6.07) is 6.57. The number of nitrogens with zero attached hydrogens (tertiary/aromatic N) is 1. The van der Waals surface area contributed by atoms with E-state index in [9.17, 15) is 18.0 Å². The monoisotopic (exact) mass is 301 g/mol. The first-order valence-corrected chi connectivity index (χ1v) is 5.89. The standard InChI is InChI=1S/C13H10F3NO4/c1-2-19-12(18)9-7-11(21-17-9)8-5-3-4-6-10(8)20-13(14,15)16/h3-7H,2H2,1H3. The van der Waals surface area contributed by atoms with Crippen LogP contribution in [0, 0.1) is 0 Å². The Morgan fingerprint density at radius 1 is 1.33 bits per heavy atom. The Kier molecular flexibility index (Phi) is 4.15. The number of hydrogen-bond donors (Lipinski definition) is 0. The Morgan fingerprint density at radius 3 is 2.71 bits per heavy atom. The van der Waals surface area contributed by atoms with E-state index in [1.165, 1.54) is 24.3 Å². The highest BCUT2D eigenvalue weighted by molar-refractivity contribution is 5.88. The van der Waals surface area contributed by atoms with E-state index in [2.05, 4.69) is 9.89 Å². The predicted octanol–water partition coefficient (Wildman–Crippen LogP) is 3.42. The summed E-state index contributed by atoms with van der Waals surface area (Å²) in [6.07, 6.45) is -4.83. The Morgan fingerprint density at radius 2 is 2.05 bits per heavy atom. The van der Waals surface area contributed by atoms with E-state index in [0.29, 0.717) is 0 Å². The van der Waals surface area contributed by atoms with Crippen LogP contribution >= 0.6 is 0 Å². The van der Waals surface area contributed by atoms with Crippen molar-refractivity contribution in [1.82, 2.24) is 5.16 Å². The Hall–Kier alpha value is -2.51. The molecule has 0 bridgehead atoms. The zero-order chi connectivity index (χ0) is 15.5. The minimum Gasteiger partial charge on any atom is -0.461 e. The maximum atomic E-state index is 12.3. The molecule has 0 atom stereocenters. The molecule has 0 fully saturated rings. The SMILES string of the molecule is CCOC(=O)c1cc(-c2ccccc2OC(F)(F)F)on1. The lowest BCUT2D eigenvalue weighted by Crippen LogP contribution is -2.17. The Bertz CT molecular complexity index is 636. The number of carbonyl (C=O) groups excluding carboxylic acids is 1. The van der Waals surface area contributed by atoms with Crippen LogP contribution in [0.1, 0.15) is 17.4 Å². The molecule has 112 valence electrons. The maximum absolute atomic E-state index is 12.3. The predicted molar refractivity (Wildman–Crippen MR) is 64.6 cm³/mol. The smallest absolute Gasteiger partial charge is 0.461 e. The molecule has 0 saturated heterocycles. The van der Waals surface area contributed by atoms with Gasteiger partial charge in [-0.15, -0.1) is 13.2 Å². The van der Waals surface area contributed by atoms with Gasteiger partial charge in [-0.25, -0.2) is 4.79 Å². The van der Waals surface area contributed by atoms with Gasteiger partial charge in [0.2, 0.25) is 0 Å². The third-order valence-corrected chi connectivity index (χ3v) is 2.37. The molecule has 21 heavy (non-hydrogen) atoms. The highest BCUT2D eigenvalue weighted by Gasteiger charge is 2.32. The highest BCUT2D eigenvalue weighted by Crippen LogP contribution is 2.33. The van der Waals surface area contributed by atoms with Crippen molar-refractivity contribution in [3.05, 3.63) is 36.0 Å². The van der Waals surface area contributed by atoms with Gasteiger partial charge in [0.1, 0.15) is 5.75 Å². The first-order valence-electron chi connectivity index (χ1n) is 5.89. The maximum Gasteiger partial charge on any atom is 0.573 e. The van der Waals surface area contributed by atoms with Crippen molar-refractivity contribution in [3.8, 4) is 17.1 Å². The number of hydrogen-bond acceptors (Lipinski definition) is 5. The first kappa shape index (κ1) is 14.9. The number of rotatable bonds is 4. The minimum absolute atomic E-state index is 0.0258. The van der Waals surface area contributed by atoms with Gasteiger partial charge in [0, 0.05) is 6.07 Å². The summed E-state index contributed by atoms with van der Waals surface area (Å²) in [7, 11) is 0. The number of esters is 1. The summed E-state index contributed by atoms with van der Waals surface area (Å²) in [5, 5.41) is 3.46. The van der Waals surface area contributed by atoms with Gasteiger partial charge < -0.3 is 14.0 Å². The summed E-state index contributed by atoms with van der Waals surface area (Å²) in [6.45, 7) is 1.76. The fourth-order valence-electron chi connectivity index (χ4n) is 1.59. The van der Waals surface area contributed by atoms with Crippen molar-refractivity contribution in [2.45, 2.75) is 13.3 Å². The lowest BCUT2D eigenvalue weighted by Gasteiger charge is -2.11. The highest BCUT2D eigenvalue weighted by atomic mass is 19.4. The van der Waals surface area contributed by atoms with Gasteiger partial charge in [0.05, 0.1) is 12.2 Å². The molecule has 5 nitrogen and oxygen atoms in total. The lowest BCUT2D eigenvalue weighted by atomic mass is 10.1. The van der Waals surface area contributed by atoms with Crippen LogP contribution in [0.5, 0.6) is 5.75 Å². The second kappa shape index (κ2) is 5.86. The summed E-state index contributed by atoms with van der Waals surface area (Å²) in [4.78, 5) is 11.4. The van der Waals surface area contributed by atoms with Crippen LogP contribution < -0.4 is 4.74 Å². The second-order valence-electron chi connectivity index (χ2n) is 3.84. The number of carbonyl (C=O) groups is 1. The number of halogens is 3. The molecule has 0 aliphatic rings. The van der Waals surface area contributed by atoms with Gasteiger partial charge in [-0.3, -0.25) is 0 Å². The van der Waals surface area contributed by atoms with E-state index >= 15 is 0 Å². The molecule has 1 heterocycles. The van der Waals surface area contributed by atoms with E-state index < -0.39 is 18.1 Å². The molecule has 0 radical (unpaired) electrons. The van der Waals surface area contributed by atoms with Crippen LogP contribution in [0.25, 0.3) is 11.3 Å². The van der Waals surface area contributed by atoms with Crippen LogP contribution in [-0.4, -0.2) is 24.1 Å². The van der Waals surface area contributed by atoms with Crippen molar-refractivity contribution in [2.24, 2.45) is 0 Å². The van der Waals surface area contributed by atoms with E-state index in [4.69, 9.17) is 9.26 Å². The van der Waals surface area contributed by atoms with Gasteiger partial charge in [-0.05, 0) is 19.1 Å². The second-order valence-corrected chi connectivity index (χ2v) is 3.84. The molecule has 2 aromatic rings. The largest absolute Gasteiger partial charge is 0.573 e. The van der Waals surface area contributed by atoms with Crippen molar-refractivity contribution in [1.29, 1.82) is 0 Å². The Labute approximate surface area is 117 Å². The van der Waals surface area contributed by atoms with Crippen molar-refractivity contribution in [3.63, 3.8) is 0 Å². The van der Waals surface area contributed by atoms with E-state index in [1.54, 1.807) is 6.92 Å². The zero-order valence-corrected chi connectivity index (χ0v) is 10.8. The van der Waals surface area contributed by atoms with Crippen molar-refractivity contribution < 1.29 is 32.0 Å². The van der Waals surface area contributed by atoms with Crippen LogP contribution in [0.15, 0.2) is 34.9 Å². The van der Waals surface area contributed by atoms with E-state index in [-0.39, 0.29) is 23.6 Å². The summed E-state index contributed by atoms with van der Waals surface area (Å²) in [5.74, 6) is -1.20. The quantitative estimate of drug-likeness (QED) is 0.810. The van der Waals surface area contributed by atoms with Crippen LogP contribution in [-0.2, 0) is 4.74 Å². The van der Waals surface area contributed by atoms with Gasteiger partial charge in [-0.1, -0.05) is 17.3 Å². The lowest BCUT2D eigenvalue weighted by molar-refractivity contribution is -0.274. The number of alkyl halides is 3. The van der Waals surface area contributed by atoms with Gasteiger partial charge in [0.15, 0.2) is 11.5 Å². The molecular weight excluding hydrogens is 291 g/mol.